The van der Waals surface area contributed by atoms with E-state index in [1.807, 2.05) is 32.9 Å². The van der Waals surface area contributed by atoms with Crippen molar-refractivity contribution in [2.75, 3.05) is 13.1 Å². The summed E-state index contributed by atoms with van der Waals surface area (Å²) in [7, 11) is 0. The summed E-state index contributed by atoms with van der Waals surface area (Å²) >= 11 is 0. The molecule has 1 aromatic rings. The Morgan fingerprint density at radius 2 is 2.21 bits per heavy atom. The van der Waals surface area contributed by atoms with Crippen molar-refractivity contribution < 1.29 is 9.53 Å². The summed E-state index contributed by atoms with van der Waals surface area (Å²) in [5.74, 6) is 0.548. The summed E-state index contributed by atoms with van der Waals surface area (Å²) in [6.45, 7) is 6.56. The van der Waals surface area contributed by atoms with Gasteiger partial charge in [0.1, 0.15) is 12.3 Å². The summed E-state index contributed by atoms with van der Waals surface area (Å²) in [4.78, 5) is 13.8. The van der Waals surface area contributed by atoms with Gasteiger partial charge in [-0.05, 0) is 38.5 Å². The van der Waals surface area contributed by atoms with Crippen LogP contribution in [0.3, 0.4) is 0 Å². The minimum atomic E-state index is -0.127. The summed E-state index contributed by atoms with van der Waals surface area (Å²) in [5.41, 5.74) is 0.557. The summed E-state index contributed by atoms with van der Waals surface area (Å²) in [5, 5.41) is 8.76. The molecule has 0 aromatic heterocycles. The molecule has 0 aliphatic heterocycles. The standard InChI is InChI=1S/C15H20N2O2/c1-4-9-17(10-8-16)15(18)13-6-5-7-14(11-13)19-12(2)3/h5-7,11-12H,4,9-10H2,1-3H3. The molecule has 0 atom stereocenters. The first-order valence-electron chi connectivity index (χ1n) is 6.51. The lowest BCUT2D eigenvalue weighted by atomic mass is 10.2. The molecule has 0 spiro atoms. The van der Waals surface area contributed by atoms with Gasteiger partial charge in [0.2, 0.25) is 0 Å². The van der Waals surface area contributed by atoms with Crippen molar-refractivity contribution in [2.45, 2.75) is 33.3 Å². The topological polar surface area (TPSA) is 53.3 Å². The molecule has 0 N–H and O–H groups in total. The van der Waals surface area contributed by atoms with E-state index in [-0.39, 0.29) is 18.6 Å². The van der Waals surface area contributed by atoms with Crippen LogP contribution in [0.15, 0.2) is 24.3 Å². The zero-order valence-electron chi connectivity index (χ0n) is 11.7. The average Bonchev–Trinajstić information content (AvgIpc) is 2.37. The second kappa shape index (κ2) is 7.42. The molecule has 0 aliphatic rings. The van der Waals surface area contributed by atoms with Crippen LogP contribution in [-0.2, 0) is 0 Å². The van der Waals surface area contributed by atoms with E-state index < -0.39 is 0 Å². The van der Waals surface area contributed by atoms with Gasteiger partial charge in [-0.1, -0.05) is 13.0 Å². The maximum atomic E-state index is 12.3. The predicted molar refractivity (Wildman–Crippen MR) is 74.0 cm³/mol. The number of hydrogen-bond donors (Lipinski definition) is 0. The highest BCUT2D eigenvalue weighted by Gasteiger charge is 2.15. The van der Waals surface area contributed by atoms with Crippen LogP contribution in [0.5, 0.6) is 5.75 Å². The van der Waals surface area contributed by atoms with Gasteiger partial charge in [0.25, 0.3) is 5.91 Å². The zero-order valence-corrected chi connectivity index (χ0v) is 11.7. The van der Waals surface area contributed by atoms with Gasteiger partial charge < -0.3 is 9.64 Å². The second-order valence-corrected chi connectivity index (χ2v) is 4.58. The van der Waals surface area contributed by atoms with Gasteiger partial charge in [0.15, 0.2) is 0 Å². The Morgan fingerprint density at radius 1 is 1.47 bits per heavy atom. The van der Waals surface area contributed by atoms with Crippen LogP contribution >= 0.6 is 0 Å². The fourth-order valence-corrected chi connectivity index (χ4v) is 1.76. The van der Waals surface area contributed by atoms with E-state index in [0.29, 0.717) is 17.9 Å². The van der Waals surface area contributed by atoms with Crippen molar-refractivity contribution in [2.24, 2.45) is 0 Å². The van der Waals surface area contributed by atoms with Crippen molar-refractivity contribution >= 4 is 5.91 Å². The molecule has 0 heterocycles. The smallest absolute Gasteiger partial charge is 0.254 e. The zero-order chi connectivity index (χ0) is 14.3. The van der Waals surface area contributed by atoms with Crippen molar-refractivity contribution in [1.82, 2.24) is 4.90 Å². The number of nitrogens with zero attached hydrogens (tertiary/aromatic N) is 2. The molecule has 4 nitrogen and oxygen atoms in total. The highest BCUT2D eigenvalue weighted by Crippen LogP contribution is 2.16. The Kier molecular flexibility index (Phi) is 5.87. The SMILES string of the molecule is CCCN(CC#N)C(=O)c1cccc(OC(C)C)c1. The summed E-state index contributed by atoms with van der Waals surface area (Å²) in [6.07, 6.45) is 0.895. The van der Waals surface area contributed by atoms with Crippen LogP contribution in [0.2, 0.25) is 0 Å². The molecule has 1 rings (SSSR count). The molecule has 0 aliphatic carbocycles. The third-order valence-corrected chi connectivity index (χ3v) is 2.50. The highest BCUT2D eigenvalue weighted by atomic mass is 16.5. The summed E-state index contributed by atoms with van der Waals surface area (Å²) in [6, 6.07) is 9.11. The largest absolute Gasteiger partial charge is 0.491 e. The Morgan fingerprint density at radius 3 is 2.79 bits per heavy atom. The lowest BCUT2D eigenvalue weighted by Gasteiger charge is -2.19. The molecular formula is C15H20N2O2. The van der Waals surface area contributed by atoms with Crippen molar-refractivity contribution in [3.63, 3.8) is 0 Å². The Labute approximate surface area is 114 Å². The van der Waals surface area contributed by atoms with Gasteiger partial charge >= 0.3 is 0 Å². The number of nitriles is 1. The van der Waals surface area contributed by atoms with Gasteiger partial charge in [0, 0.05) is 12.1 Å². The maximum Gasteiger partial charge on any atom is 0.254 e. The van der Waals surface area contributed by atoms with Crippen LogP contribution in [0.1, 0.15) is 37.6 Å². The number of hydrogen-bond acceptors (Lipinski definition) is 3. The van der Waals surface area contributed by atoms with E-state index in [1.54, 1.807) is 23.1 Å². The first kappa shape index (κ1) is 15.0. The molecule has 19 heavy (non-hydrogen) atoms. The van der Waals surface area contributed by atoms with E-state index in [4.69, 9.17) is 10.00 Å². The molecule has 0 unspecified atom stereocenters. The second-order valence-electron chi connectivity index (χ2n) is 4.58. The van der Waals surface area contributed by atoms with Gasteiger partial charge in [-0.2, -0.15) is 5.26 Å². The minimum Gasteiger partial charge on any atom is -0.491 e. The number of carbonyl (C=O) groups excluding carboxylic acids is 1. The molecule has 0 radical (unpaired) electrons. The average molecular weight is 260 g/mol. The molecule has 4 heteroatoms. The monoisotopic (exact) mass is 260 g/mol. The van der Waals surface area contributed by atoms with Gasteiger partial charge in [0.05, 0.1) is 12.2 Å². The van der Waals surface area contributed by atoms with E-state index in [2.05, 4.69) is 0 Å². The minimum absolute atomic E-state index is 0.0659. The van der Waals surface area contributed by atoms with E-state index in [1.165, 1.54) is 0 Å². The van der Waals surface area contributed by atoms with Gasteiger partial charge in [-0.25, -0.2) is 0 Å². The first-order chi connectivity index (χ1) is 9.08. The fraction of sp³-hybridized carbons (Fsp3) is 0.467. The van der Waals surface area contributed by atoms with E-state index in [0.717, 1.165) is 6.42 Å². The lowest BCUT2D eigenvalue weighted by Crippen LogP contribution is -2.32. The molecule has 102 valence electrons. The predicted octanol–water partition coefficient (Wildman–Crippen LogP) is 2.85. The molecule has 0 fully saturated rings. The Balaban J connectivity index is 2.88. The molecule has 1 amide bonds. The molecule has 0 saturated carbocycles. The third kappa shape index (κ3) is 4.63. The van der Waals surface area contributed by atoms with Crippen LogP contribution in [0.4, 0.5) is 0 Å². The van der Waals surface area contributed by atoms with Gasteiger partial charge in [-0.15, -0.1) is 0 Å². The molecule has 0 saturated heterocycles. The maximum absolute atomic E-state index is 12.3. The van der Waals surface area contributed by atoms with Crippen molar-refractivity contribution in [3.8, 4) is 11.8 Å². The van der Waals surface area contributed by atoms with Crippen molar-refractivity contribution in [3.05, 3.63) is 29.8 Å². The van der Waals surface area contributed by atoms with E-state index in [9.17, 15) is 4.79 Å². The van der Waals surface area contributed by atoms with Crippen LogP contribution in [-0.4, -0.2) is 30.0 Å². The Hall–Kier alpha value is -2.02. The number of ether oxygens (including phenoxy) is 1. The summed E-state index contributed by atoms with van der Waals surface area (Å²) < 4.78 is 5.57. The first-order valence-corrected chi connectivity index (χ1v) is 6.51. The molecular weight excluding hydrogens is 240 g/mol. The lowest BCUT2D eigenvalue weighted by molar-refractivity contribution is 0.0775. The van der Waals surface area contributed by atoms with Crippen LogP contribution in [0.25, 0.3) is 0 Å². The van der Waals surface area contributed by atoms with Crippen LogP contribution < -0.4 is 4.74 Å². The van der Waals surface area contributed by atoms with Crippen molar-refractivity contribution in [1.29, 1.82) is 5.26 Å². The Bertz CT molecular complexity index is 463. The van der Waals surface area contributed by atoms with Crippen LogP contribution in [0, 0.1) is 11.3 Å². The normalized spacial score (nSPS) is 10.1. The third-order valence-electron chi connectivity index (χ3n) is 2.50. The quantitative estimate of drug-likeness (QED) is 0.739. The van der Waals surface area contributed by atoms with E-state index >= 15 is 0 Å². The van der Waals surface area contributed by atoms with Gasteiger partial charge in [-0.3, -0.25) is 4.79 Å². The number of amides is 1. The fourth-order valence-electron chi connectivity index (χ4n) is 1.76. The highest BCUT2D eigenvalue weighted by molar-refractivity contribution is 5.94. The number of carbonyl (C=O) groups is 1. The number of rotatable bonds is 6. The molecule has 0 bridgehead atoms. The molecule has 1 aromatic carbocycles. The number of benzene rings is 1.